The molecule has 57 heavy (non-hydrogen) atoms. The van der Waals surface area contributed by atoms with Gasteiger partial charge in [0.05, 0.1) is 41.5 Å². The molecule has 14 heteroatoms. The SMILES string of the molecule is CNC(=O)[C@H]1CCCN1Cc1ccc2nc(-c3cccc(Oc4ccc(Cl)cc4)c3)n([C@@H](CC(=O)Nc3cc(NS(C)(=O)=O)ccc3C)c3ccccc3Br)c2c1. The molecule has 2 atom stereocenters. The van der Waals surface area contributed by atoms with Crippen LogP contribution < -0.4 is 20.1 Å². The number of fused-ring (bicyclic) bond motifs is 1. The molecule has 2 amide bonds. The Kier molecular flexibility index (Phi) is 12.0. The van der Waals surface area contributed by atoms with E-state index in [0.29, 0.717) is 40.3 Å². The van der Waals surface area contributed by atoms with Gasteiger partial charge in [0.15, 0.2) is 0 Å². The quantitative estimate of drug-likeness (QED) is 0.106. The Morgan fingerprint density at radius 2 is 1.75 bits per heavy atom. The largest absolute Gasteiger partial charge is 0.457 e. The Hall–Kier alpha value is -5.21. The van der Waals surface area contributed by atoms with Crippen molar-refractivity contribution in [3.8, 4) is 22.9 Å². The van der Waals surface area contributed by atoms with Gasteiger partial charge in [0, 0.05) is 34.3 Å². The van der Waals surface area contributed by atoms with Gasteiger partial charge in [0.2, 0.25) is 21.8 Å². The minimum atomic E-state index is -3.53. The average molecular weight is 870 g/mol. The van der Waals surface area contributed by atoms with Crippen molar-refractivity contribution in [2.45, 2.75) is 44.8 Å². The van der Waals surface area contributed by atoms with Gasteiger partial charge in [-0.1, -0.05) is 70.0 Å². The number of nitrogens with one attached hydrogen (secondary N) is 3. The van der Waals surface area contributed by atoms with Gasteiger partial charge in [0.25, 0.3) is 0 Å². The lowest BCUT2D eigenvalue weighted by Gasteiger charge is -2.25. The van der Waals surface area contributed by atoms with Crippen LogP contribution in [0.1, 0.15) is 42.0 Å². The predicted octanol–water partition coefficient (Wildman–Crippen LogP) is 8.92. The monoisotopic (exact) mass is 868 g/mol. The number of imidazole rings is 1. The molecule has 0 saturated carbocycles. The summed E-state index contributed by atoms with van der Waals surface area (Å²) in [5, 5.41) is 6.47. The second-order valence-corrected chi connectivity index (χ2v) is 17.2. The van der Waals surface area contributed by atoms with E-state index in [9.17, 15) is 18.0 Å². The number of rotatable bonds is 13. The molecule has 6 aromatic rings. The van der Waals surface area contributed by atoms with Crippen molar-refractivity contribution in [2.75, 3.05) is 29.9 Å². The van der Waals surface area contributed by atoms with E-state index in [1.165, 1.54) is 0 Å². The molecule has 11 nitrogen and oxygen atoms in total. The molecule has 0 radical (unpaired) electrons. The van der Waals surface area contributed by atoms with Crippen LogP contribution >= 0.6 is 27.5 Å². The number of sulfonamides is 1. The number of ether oxygens (including phenoxy) is 1. The average Bonchev–Trinajstić information content (AvgIpc) is 3.80. The Balaban J connectivity index is 1.34. The maximum absolute atomic E-state index is 14.3. The van der Waals surface area contributed by atoms with Crippen molar-refractivity contribution in [1.82, 2.24) is 19.8 Å². The first-order chi connectivity index (χ1) is 27.3. The van der Waals surface area contributed by atoms with Gasteiger partial charge in [-0.05, 0) is 110 Å². The van der Waals surface area contributed by atoms with E-state index in [-0.39, 0.29) is 24.3 Å². The molecule has 294 valence electrons. The van der Waals surface area contributed by atoms with Crippen molar-refractivity contribution in [3.05, 3.63) is 135 Å². The third-order valence-electron chi connectivity index (χ3n) is 9.96. The smallest absolute Gasteiger partial charge is 0.237 e. The van der Waals surface area contributed by atoms with Crippen LogP contribution in [0.2, 0.25) is 5.02 Å². The van der Waals surface area contributed by atoms with Crippen LogP contribution in [-0.4, -0.2) is 60.6 Å². The van der Waals surface area contributed by atoms with Crippen LogP contribution in [0.15, 0.2) is 114 Å². The van der Waals surface area contributed by atoms with Crippen molar-refractivity contribution < 1.29 is 22.7 Å². The molecule has 2 heterocycles. The fraction of sp³-hybridized carbons (Fsp3) is 0.233. The van der Waals surface area contributed by atoms with Crippen molar-refractivity contribution in [2.24, 2.45) is 0 Å². The summed E-state index contributed by atoms with van der Waals surface area (Å²) in [6.07, 6.45) is 2.81. The molecule has 1 aliphatic heterocycles. The Morgan fingerprint density at radius 3 is 2.51 bits per heavy atom. The first kappa shape index (κ1) is 40.0. The summed E-state index contributed by atoms with van der Waals surface area (Å²) in [6, 6.07) is 33.0. The van der Waals surface area contributed by atoms with E-state index in [1.54, 1.807) is 49.5 Å². The number of anilines is 2. The number of carbonyl (C=O) groups excluding carboxylic acids is 2. The zero-order chi connectivity index (χ0) is 40.3. The molecule has 1 fully saturated rings. The highest BCUT2D eigenvalue weighted by Crippen LogP contribution is 2.39. The highest BCUT2D eigenvalue weighted by atomic mass is 79.9. The fourth-order valence-electron chi connectivity index (χ4n) is 7.30. The molecule has 0 spiro atoms. The normalized spacial score (nSPS) is 15.0. The molecule has 0 aliphatic carbocycles. The van der Waals surface area contributed by atoms with Crippen LogP contribution in [0, 0.1) is 6.92 Å². The highest BCUT2D eigenvalue weighted by Gasteiger charge is 2.31. The first-order valence-electron chi connectivity index (χ1n) is 18.5. The van der Waals surface area contributed by atoms with Crippen LogP contribution in [0.25, 0.3) is 22.4 Å². The van der Waals surface area contributed by atoms with E-state index in [0.717, 1.165) is 63.4 Å². The molecule has 0 unspecified atom stereocenters. The molecule has 1 aromatic heterocycles. The standard InChI is InChI=1S/C43H42BrClN6O5S/c1-27-13-17-31(49-57(3,54)55)24-37(27)47-41(52)25-39(34-10-4-5-11-35(34)44)51-40-22-28(26-50-21-7-12-38(50)43(53)46-2)14-20-36(40)48-42(51)29-8-6-9-33(23-29)56-32-18-15-30(45)16-19-32/h4-6,8-11,13-20,22-24,38-39,49H,7,12,21,25-26H2,1-3H3,(H,46,53)(H,47,52)/t38-,39+/m1/s1. The summed E-state index contributed by atoms with van der Waals surface area (Å²) < 4.78 is 35.6. The molecule has 1 saturated heterocycles. The third-order valence-corrected chi connectivity index (χ3v) is 11.5. The molecule has 5 aromatic carbocycles. The summed E-state index contributed by atoms with van der Waals surface area (Å²) in [5.41, 5.74) is 5.78. The number of nitrogens with zero attached hydrogens (tertiary/aromatic N) is 3. The van der Waals surface area contributed by atoms with Crippen LogP contribution in [0.5, 0.6) is 11.5 Å². The zero-order valence-corrected chi connectivity index (χ0v) is 34.8. The van der Waals surface area contributed by atoms with Gasteiger partial charge in [-0.3, -0.25) is 19.2 Å². The van der Waals surface area contributed by atoms with E-state index in [2.05, 4.69) is 46.8 Å². The summed E-state index contributed by atoms with van der Waals surface area (Å²) in [7, 11) is -1.87. The van der Waals surface area contributed by atoms with Crippen LogP contribution in [0.4, 0.5) is 11.4 Å². The number of amides is 2. The highest BCUT2D eigenvalue weighted by molar-refractivity contribution is 9.10. The number of likely N-dealkylation sites (N-methyl/N-ethyl adjacent to an activating group) is 1. The molecular weight excluding hydrogens is 828 g/mol. The lowest BCUT2D eigenvalue weighted by molar-refractivity contribution is -0.125. The maximum Gasteiger partial charge on any atom is 0.237 e. The molecule has 1 aliphatic rings. The minimum Gasteiger partial charge on any atom is -0.457 e. The summed E-state index contributed by atoms with van der Waals surface area (Å²) in [4.78, 5) is 34.4. The Bertz CT molecular complexity index is 2560. The minimum absolute atomic E-state index is 0.000307. The van der Waals surface area contributed by atoms with Crippen molar-refractivity contribution in [1.29, 1.82) is 0 Å². The second-order valence-electron chi connectivity index (χ2n) is 14.1. The van der Waals surface area contributed by atoms with E-state index in [4.69, 9.17) is 21.3 Å². The van der Waals surface area contributed by atoms with E-state index in [1.807, 2.05) is 67.6 Å². The number of halogens is 2. The van der Waals surface area contributed by atoms with Gasteiger partial charge in [-0.25, -0.2) is 13.4 Å². The third kappa shape index (κ3) is 9.50. The van der Waals surface area contributed by atoms with Gasteiger partial charge >= 0.3 is 0 Å². The number of aromatic nitrogens is 2. The number of hydrogen-bond acceptors (Lipinski definition) is 7. The zero-order valence-electron chi connectivity index (χ0n) is 31.6. The topological polar surface area (TPSA) is 135 Å². The van der Waals surface area contributed by atoms with Crippen LogP contribution in [-0.2, 0) is 26.2 Å². The Labute approximate surface area is 345 Å². The van der Waals surface area contributed by atoms with Gasteiger partial charge in [0.1, 0.15) is 17.3 Å². The number of likely N-dealkylation sites (tertiary alicyclic amines) is 1. The molecule has 0 bridgehead atoms. The molecular formula is C43H42BrClN6O5S. The van der Waals surface area contributed by atoms with E-state index < -0.39 is 16.1 Å². The van der Waals surface area contributed by atoms with Gasteiger partial charge < -0.3 is 19.9 Å². The second kappa shape index (κ2) is 17.1. The van der Waals surface area contributed by atoms with Gasteiger partial charge in [-0.15, -0.1) is 0 Å². The number of hydrogen-bond donors (Lipinski definition) is 3. The summed E-state index contributed by atoms with van der Waals surface area (Å²) in [6.45, 7) is 3.22. The summed E-state index contributed by atoms with van der Waals surface area (Å²) in [5.74, 6) is 1.56. The Morgan fingerprint density at radius 1 is 0.965 bits per heavy atom. The van der Waals surface area contributed by atoms with Crippen LogP contribution in [0.3, 0.4) is 0 Å². The number of aryl methyl sites for hydroxylation is 1. The summed E-state index contributed by atoms with van der Waals surface area (Å²) >= 11 is 9.91. The van der Waals surface area contributed by atoms with E-state index >= 15 is 0 Å². The number of benzene rings is 5. The lowest BCUT2D eigenvalue weighted by Crippen LogP contribution is -2.41. The van der Waals surface area contributed by atoms with Crippen molar-refractivity contribution >= 4 is 71.8 Å². The fourth-order valence-corrected chi connectivity index (χ4v) is 8.53. The number of carbonyl (C=O) groups is 2. The molecule has 3 N–H and O–H groups in total. The molecule has 7 rings (SSSR count). The van der Waals surface area contributed by atoms with Gasteiger partial charge in [-0.2, -0.15) is 0 Å². The van der Waals surface area contributed by atoms with Crippen molar-refractivity contribution in [3.63, 3.8) is 0 Å². The lowest BCUT2D eigenvalue weighted by atomic mass is 10.0. The maximum atomic E-state index is 14.3. The predicted molar refractivity (Wildman–Crippen MR) is 229 cm³/mol. The first-order valence-corrected chi connectivity index (χ1v) is 21.5.